The van der Waals surface area contributed by atoms with Gasteiger partial charge in [0, 0.05) is 16.5 Å². The number of thiazole rings is 1. The van der Waals surface area contributed by atoms with Gasteiger partial charge in [-0.1, -0.05) is 29.8 Å². The molecule has 4 heteroatoms. The first-order chi connectivity index (χ1) is 11.0. The van der Waals surface area contributed by atoms with E-state index in [2.05, 4.69) is 42.3 Å². The topological polar surface area (TPSA) is 42.0 Å². The molecule has 0 saturated heterocycles. The highest BCUT2D eigenvalue weighted by Gasteiger charge is 2.10. The summed E-state index contributed by atoms with van der Waals surface area (Å²) in [5, 5.41) is 5.45. The van der Waals surface area contributed by atoms with E-state index in [-0.39, 0.29) is 5.91 Å². The van der Waals surface area contributed by atoms with Crippen LogP contribution in [0.4, 0.5) is 5.13 Å². The Balaban J connectivity index is 1.79. The maximum absolute atomic E-state index is 12.3. The van der Waals surface area contributed by atoms with Crippen molar-refractivity contribution in [3.8, 4) is 11.3 Å². The summed E-state index contributed by atoms with van der Waals surface area (Å²) in [7, 11) is 0. The fourth-order valence-electron chi connectivity index (χ4n) is 2.32. The summed E-state index contributed by atoms with van der Waals surface area (Å²) >= 11 is 1.44. The van der Waals surface area contributed by atoms with Gasteiger partial charge in [0.25, 0.3) is 5.91 Å². The Labute approximate surface area is 140 Å². The van der Waals surface area contributed by atoms with Crippen LogP contribution in [0.5, 0.6) is 0 Å². The van der Waals surface area contributed by atoms with Crippen molar-refractivity contribution in [3.05, 3.63) is 70.1 Å². The second kappa shape index (κ2) is 6.34. The Kier molecular flexibility index (Phi) is 4.26. The molecular weight excluding hydrogens is 304 g/mol. The van der Waals surface area contributed by atoms with Crippen LogP contribution in [0.1, 0.15) is 27.0 Å². The molecule has 0 aliphatic heterocycles. The van der Waals surface area contributed by atoms with Gasteiger partial charge >= 0.3 is 0 Å². The number of nitrogens with one attached hydrogen (secondary N) is 1. The first-order valence-corrected chi connectivity index (χ1v) is 8.32. The highest BCUT2D eigenvalue weighted by molar-refractivity contribution is 7.14. The number of hydrogen-bond donors (Lipinski definition) is 1. The third kappa shape index (κ3) is 3.48. The molecule has 3 nitrogen and oxygen atoms in total. The van der Waals surface area contributed by atoms with Crippen LogP contribution >= 0.6 is 11.3 Å². The van der Waals surface area contributed by atoms with Crippen molar-refractivity contribution in [2.45, 2.75) is 20.8 Å². The lowest BCUT2D eigenvalue weighted by Crippen LogP contribution is -2.11. The van der Waals surface area contributed by atoms with Gasteiger partial charge in [0.2, 0.25) is 0 Å². The second-order valence-corrected chi connectivity index (χ2v) is 6.52. The molecule has 1 amide bonds. The number of carbonyl (C=O) groups excluding carboxylic acids is 1. The molecule has 0 aliphatic rings. The van der Waals surface area contributed by atoms with Gasteiger partial charge in [-0.25, -0.2) is 4.98 Å². The molecule has 0 aliphatic carbocycles. The van der Waals surface area contributed by atoms with E-state index in [1.807, 2.05) is 30.5 Å². The van der Waals surface area contributed by atoms with Crippen molar-refractivity contribution >= 4 is 22.4 Å². The molecule has 3 rings (SSSR count). The van der Waals surface area contributed by atoms with E-state index < -0.39 is 0 Å². The summed E-state index contributed by atoms with van der Waals surface area (Å²) < 4.78 is 0. The van der Waals surface area contributed by atoms with Crippen LogP contribution in [0, 0.1) is 20.8 Å². The number of nitrogens with zero attached hydrogens (tertiary/aromatic N) is 1. The van der Waals surface area contributed by atoms with E-state index in [0.717, 1.165) is 16.8 Å². The van der Waals surface area contributed by atoms with Gasteiger partial charge in [-0.2, -0.15) is 0 Å². The number of aryl methyl sites for hydroxylation is 3. The first kappa shape index (κ1) is 15.4. The number of rotatable bonds is 3. The Morgan fingerprint density at radius 2 is 1.87 bits per heavy atom. The minimum absolute atomic E-state index is 0.130. The first-order valence-electron chi connectivity index (χ1n) is 7.44. The zero-order valence-corrected chi connectivity index (χ0v) is 14.2. The smallest absolute Gasteiger partial charge is 0.257 e. The largest absolute Gasteiger partial charge is 0.298 e. The third-order valence-corrected chi connectivity index (χ3v) is 4.57. The maximum atomic E-state index is 12.3. The molecule has 1 heterocycles. The van der Waals surface area contributed by atoms with E-state index in [1.165, 1.54) is 22.5 Å². The molecular formula is C19H18N2OS. The highest BCUT2D eigenvalue weighted by atomic mass is 32.1. The van der Waals surface area contributed by atoms with Gasteiger partial charge in [0.05, 0.1) is 5.69 Å². The SMILES string of the molecule is Cc1cccc(C(=O)Nc2nc(-c3ccc(C)c(C)c3)cs2)c1. The van der Waals surface area contributed by atoms with Crippen molar-refractivity contribution in [2.24, 2.45) is 0 Å². The van der Waals surface area contributed by atoms with Gasteiger partial charge in [-0.05, 0) is 50.1 Å². The van der Waals surface area contributed by atoms with Crippen molar-refractivity contribution in [2.75, 3.05) is 5.32 Å². The normalized spacial score (nSPS) is 10.6. The van der Waals surface area contributed by atoms with Crippen LogP contribution in [-0.2, 0) is 0 Å². The fraction of sp³-hybridized carbons (Fsp3) is 0.158. The second-order valence-electron chi connectivity index (χ2n) is 5.66. The maximum Gasteiger partial charge on any atom is 0.257 e. The highest BCUT2D eigenvalue weighted by Crippen LogP contribution is 2.26. The van der Waals surface area contributed by atoms with Gasteiger partial charge < -0.3 is 0 Å². The minimum Gasteiger partial charge on any atom is -0.298 e. The van der Waals surface area contributed by atoms with Crippen LogP contribution in [-0.4, -0.2) is 10.9 Å². The summed E-state index contributed by atoms with van der Waals surface area (Å²) in [5.74, 6) is -0.130. The van der Waals surface area contributed by atoms with Gasteiger partial charge in [0.1, 0.15) is 0 Å². The van der Waals surface area contributed by atoms with Crippen LogP contribution in [0.2, 0.25) is 0 Å². The number of anilines is 1. The van der Waals surface area contributed by atoms with E-state index >= 15 is 0 Å². The van der Waals surface area contributed by atoms with Crippen molar-refractivity contribution in [1.29, 1.82) is 0 Å². The Hall–Kier alpha value is -2.46. The standard InChI is InChI=1S/C19H18N2OS/c1-12-5-4-6-16(9-12)18(22)21-19-20-17(11-23-19)15-8-7-13(2)14(3)10-15/h4-11H,1-3H3,(H,20,21,22). The van der Waals surface area contributed by atoms with E-state index in [9.17, 15) is 4.79 Å². The minimum atomic E-state index is -0.130. The van der Waals surface area contributed by atoms with Crippen molar-refractivity contribution in [3.63, 3.8) is 0 Å². The molecule has 0 fully saturated rings. The van der Waals surface area contributed by atoms with Crippen LogP contribution in [0.25, 0.3) is 11.3 Å². The van der Waals surface area contributed by atoms with E-state index in [1.54, 1.807) is 6.07 Å². The predicted octanol–water partition coefficient (Wildman–Crippen LogP) is 4.99. The molecule has 0 bridgehead atoms. The Morgan fingerprint density at radius 3 is 2.61 bits per heavy atom. The molecule has 0 atom stereocenters. The zero-order valence-electron chi connectivity index (χ0n) is 13.4. The lowest BCUT2D eigenvalue weighted by Gasteiger charge is -2.03. The summed E-state index contributed by atoms with van der Waals surface area (Å²) in [6.45, 7) is 6.15. The number of hydrogen-bond acceptors (Lipinski definition) is 3. The van der Waals surface area contributed by atoms with Crippen LogP contribution in [0.3, 0.4) is 0 Å². The van der Waals surface area contributed by atoms with E-state index in [4.69, 9.17) is 0 Å². The fourth-order valence-corrected chi connectivity index (χ4v) is 3.03. The monoisotopic (exact) mass is 322 g/mol. The molecule has 1 N–H and O–H groups in total. The van der Waals surface area contributed by atoms with Crippen molar-refractivity contribution in [1.82, 2.24) is 4.98 Å². The van der Waals surface area contributed by atoms with Crippen LogP contribution in [0.15, 0.2) is 47.8 Å². The molecule has 3 aromatic rings. The summed E-state index contributed by atoms with van der Waals surface area (Å²) in [6.07, 6.45) is 0. The lowest BCUT2D eigenvalue weighted by atomic mass is 10.1. The van der Waals surface area contributed by atoms with Gasteiger partial charge in [-0.3, -0.25) is 10.1 Å². The molecule has 0 spiro atoms. The molecule has 0 radical (unpaired) electrons. The van der Waals surface area contributed by atoms with Gasteiger partial charge in [0.15, 0.2) is 5.13 Å². The number of benzene rings is 2. The molecule has 116 valence electrons. The third-order valence-electron chi connectivity index (χ3n) is 3.81. The Bertz CT molecular complexity index is 867. The van der Waals surface area contributed by atoms with Crippen LogP contribution < -0.4 is 5.32 Å². The van der Waals surface area contributed by atoms with E-state index in [0.29, 0.717) is 10.7 Å². The molecule has 0 saturated carbocycles. The lowest BCUT2D eigenvalue weighted by molar-refractivity contribution is 0.102. The van der Waals surface area contributed by atoms with Gasteiger partial charge in [-0.15, -0.1) is 11.3 Å². The summed E-state index contributed by atoms with van der Waals surface area (Å²) in [5.41, 5.74) is 6.16. The molecule has 0 unspecified atom stereocenters. The molecule has 2 aromatic carbocycles. The average molecular weight is 322 g/mol. The predicted molar refractivity (Wildman–Crippen MR) is 96.2 cm³/mol. The van der Waals surface area contributed by atoms with Crippen molar-refractivity contribution < 1.29 is 4.79 Å². The number of amides is 1. The average Bonchev–Trinajstić information content (AvgIpc) is 2.98. The summed E-state index contributed by atoms with van der Waals surface area (Å²) in [4.78, 5) is 16.8. The summed E-state index contributed by atoms with van der Waals surface area (Å²) in [6, 6.07) is 13.8. The molecule has 1 aromatic heterocycles. The Morgan fingerprint density at radius 1 is 1.04 bits per heavy atom. The number of aromatic nitrogens is 1. The quantitative estimate of drug-likeness (QED) is 0.738. The number of carbonyl (C=O) groups is 1. The molecule has 23 heavy (non-hydrogen) atoms. The zero-order chi connectivity index (χ0) is 16.4.